The van der Waals surface area contributed by atoms with Crippen LogP contribution in [0.15, 0.2) is 42.5 Å². The van der Waals surface area contributed by atoms with Crippen molar-refractivity contribution in [2.45, 2.75) is 19.4 Å². The lowest BCUT2D eigenvalue weighted by molar-refractivity contribution is -0.384. The van der Waals surface area contributed by atoms with E-state index in [4.69, 9.17) is 5.73 Å². The van der Waals surface area contributed by atoms with Gasteiger partial charge in [-0.3, -0.25) is 34.2 Å². The summed E-state index contributed by atoms with van der Waals surface area (Å²) in [5.41, 5.74) is 6.18. The summed E-state index contributed by atoms with van der Waals surface area (Å²) in [6.07, 6.45) is 0.340. The van der Waals surface area contributed by atoms with Gasteiger partial charge in [-0.05, 0) is 30.2 Å². The fourth-order valence-electron chi connectivity index (χ4n) is 3.07. The van der Waals surface area contributed by atoms with E-state index in [-0.39, 0.29) is 48.7 Å². The number of nitro groups is 1. The van der Waals surface area contributed by atoms with Crippen LogP contribution in [0.1, 0.15) is 49.5 Å². The molecule has 1 heterocycles. The van der Waals surface area contributed by atoms with Crippen molar-refractivity contribution in [2.75, 3.05) is 6.54 Å². The number of hydrogen-bond acceptors (Lipinski definition) is 6. The molecular weight excluding hydrogens is 392 g/mol. The lowest BCUT2D eigenvalue weighted by Gasteiger charge is -2.13. The average Bonchev–Trinajstić information content (AvgIpc) is 2.96. The molecule has 0 spiro atoms. The van der Waals surface area contributed by atoms with Crippen molar-refractivity contribution >= 4 is 29.3 Å². The Bertz CT molecular complexity index is 1050. The molecule has 0 aromatic heterocycles. The van der Waals surface area contributed by atoms with E-state index < -0.39 is 22.6 Å². The summed E-state index contributed by atoms with van der Waals surface area (Å²) in [6.45, 7) is 0.287. The summed E-state index contributed by atoms with van der Waals surface area (Å²) in [5, 5.41) is 13.6. The molecule has 0 unspecified atom stereocenters. The molecular formula is C20H18N4O6. The van der Waals surface area contributed by atoms with Crippen molar-refractivity contribution in [2.24, 2.45) is 5.73 Å². The van der Waals surface area contributed by atoms with E-state index >= 15 is 0 Å². The zero-order valence-electron chi connectivity index (χ0n) is 15.8. The number of imide groups is 1. The number of nitrogens with one attached hydrogen (secondary N) is 1. The van der Waals surface area contributed by atoms with Crippen molar-refractivity contribution in [3.8, 4) is 0 Å². The predicted molar refractivity (Wildman–Crippen MR) is 105 cm³/mol. The van der Waals surface area contributed by atoms with Gasteiger partial charge in [0.2, 0.25) is 11.8 Å². The lowest BCUT2D eigenvalue weighted by atomic mass is 10.1. The molecule has 0 aliphatic carbocycles. The van der Waals surface area contributed by atoms with Crippen molar-refractivity contribution in [1.29, 1.82) is 0 Å². The standard InChI is InChI=1S/C20H18N4O6/c21-18(26)13-5-3-12(4-6-13)11-22-17(25)2-1-9-23-19(27)15-8-7-14(24(29)30)10-16(15)20(23)28/h3-8,10H,1-2,9,11H2,(H2,21,26)(H,22,25). The number of hydrogen-bond donors (Lipinski definition) is 2. The van der Waals surface area contributed by atoms with Gasteiger partial charge in [-0.1, -0.05) is 12.1 Å². The maximum absolute atomic E-state index is 12.4. The van der Waals surface area contributed by atoms with Crippen LogP contribution in [0.25, 0.3) is 0 Å². The van der Waals surface area contributed by atoms with Crippen molar-refractivity contribution in [3.05, 3.63) is 74.8 Å². The largest absolute Gasteiger partial charge is 0.366 e. The Morgan fingerprint density at radius 3 is 2.33 bits per heavy atom. The van der Waals surface area contributed by atoms with Gasteiger partial charge in [0.05, 0.1) is 16.1 Å². The Morgan fingerprint density at radius 1 is 1.03 bits per heavy atom. The molecule has 10 nitrogen and oxygen atoms in total. The minimum Gasteiger partial charge on any atom is -0.366 e. The van der Waals surface area contributed by atoms with Crippen molar-refractivity contribution in [1.82, 2.24) is 10.2 Å². The second kappa shape index (κ2) is 8.52. The van der Waals surface area contributed by atoms with Gasteiger partial charge in [-0.15, -0.1) is 0 Å². The maximum Gasteiger partial charge on any atom is 0.270 e. The molecule has 0 saturated heterocycles. The molecule has 154 valence electrons. The average molecular weight is 410 g/mol. The molecule has 3 N–H and O–H groups in total. The van der Waals surface area contributed by atoms with E-state index in [1.165, 1.54) is 12.1 Å². The number of primary amides is 1. The molecule has 0 radical (unpaired) electrons. The molecule has 1 aliphatic rings. The highest BCUT2D eigenvalue weighted by molar-refractivity contribution is 6.21. The summed E-state index contributed by atoms with van der Waals surface area (Å²) in [4.78, 5) is 59.0. The van der Waals surface area contributed by atoms with E-state index in [0.29, 0.717) is 5.56 Å². The highest BCUT2D eigenvalue weighted by Crippen LogP contribution is 2.26. The number of nitrogens with zero attached hydrogens (tertiary/aromatic N) is 2. The molecule has 2 aromatic carbocycles. The van der Waals surface area contributed by atoms with Gasteiger partial charge < -0.3 is 11.1 Å². The minimum atomic E-state index is -0.632. The van der Waals surface area contributed by atoms with Gasteiger partial charge in [0.15, 0.2) is 0 Å². The van der Waals surface area contributed by atoms with E-state index in [1.54, 1.807) is 24.3 Å². The van der Waals surface area contributed by atoms with Crippen molar-refractivity contribution < 1.29 is 24.1 Å². The summed E-state index contributed by atoms with van der Waals surface area (Å²) < 4.78 is 0. The Labute approximate surface area is 170 Å². The van der Waals surface area contributed by atoms with Gasteiger partial charge in [-0.25, -0.2) is 0 Å². The summed E-state index contributed by atoms with van der Waals surface area (Å²) in [5.74, 6) is -1.93. The van der Waals surface area contributed by atoms with Crippen LogP contribution in [-0.4, -0.2) is 40.0 Å². The van der Waals surface area contributed by atoms with Crippen LogP contribution in [0.5, 0.6) is 0 Å². The van der Waals surface area contributed by atoms with E-state index in [9.17, 15) is 29.3 Å². The SMILES string of the molecule is NC(=O)c1ccc(CNC(=O)CCCN2C(=O)c3ccc([N+](=O)[O-])cc3C2=O)cc1. The van der Waals surface area contributed by atoms with Crippen LogP contribution >= 0.6 is 0 Å². The van der Waals surface area contributed by atoms with Gasteiger partial charge in [0.25, 0.3) is 17.5 Å². The first-order chi connectivity index (χ1) is 14.3. The van der Waals surface area contributed by atoms with Crippen LogP contribution in [-0.2, 0) is 11.3 Å². The fourth-order valence-corrected chi connectivity index (χ4v) is 3.07. The van der Waals surface area contributed by atoms with Crippen LogP contribution in [0.2, 0.25) is 0 Å². The number of fused-ring (bicyclic) bond motifs is 1. The predicted octanol–water partition coefficient (Wildman–Crippen LogP) is 1.39. The van der Waals surface area contributed by atoms with Crippen molar-refractivity contribution in [3.63, 3.8) is 0 Å². The molecule has 0 bridgehead atoms. The number of carbonyl (C=O) groups excluding carboxylic acids is 4. The third kappa shape index (κ3) is 4.32. The third-order valence-corrected chi connectivity index (χ3v) is 4.68. The molecule has 0 atom stereocenters. The quantitative estimate of drug-likeness (QED) is 0.381. The molecule has 0 fully saturated rings. The number of carbonyl (C=O) groups is 4. The first-order valence-electron chi connectivity index (χ1n) is 9.08. The third-order valence-electron chi connectivity index (χ3n) is 4.68. The summed E-state index contributed by atoms with van der Waals surface area (Å²) >= 11 is 0. The Kier molecular flexibility index (Phi) is 5.86. The molecule has 1 aliphatic heterocycles. The molecule has 10 heteroatoms. The van der Waals surface area contributed by atoms with Gasteiger partial charge >= 0.3 is 0 Å². The van der Waals surface area contributed by atoms with E-state index in [0.717, 1.165) is 16.5 Å². The van der Waals surface area contributed by atoms with Crippen LogP contribution in [0.3, 0.4) is 0 Å². The number of non-ortho nitro benzene ring substituents is 1. The Hall–Kier alpha value is -4.08. The number of benzene rings is 2. The fraction of sp³-hybridized carbons (Fsp3) is 0.200. The van der Waals surface area contributed by atoms with Crippen LogP contribution in [0.4, 0.5) is 5.69 Å². The normalized spacial score (nSPS) is 12.6. The first kappa shape index (κ1) is 20.6. The lowest BCUT2D eigenvalue weighted by Crippen LogP contribution is -2.32. The maximum atomic E-state index is 12.4. The minimum absolute atomic E-state index is 0.00180. The zero-order chi connectivity index (χ0) is 21.8. The zero-order valence-corrected chi connectivity index (χ0v) is 15.8. The first-order valence-corrected chi connectivity index (χ1v) is 9.08. The Morgan fingerprint density at radius 2 is 1.70 bits per heavy atom. The molecule has 30 heavy (non-hydrogen) atoms. The highest BCUT2D eigenvalue weighted by Gasteiger charge is 2.36. The second-order valence-corrected chi connectivity index (χ2v) is 6.69. The number of nitrogens with two attached hydrogens (primary N) is 1. The monoisotopic (exact) mass is 410 g/mol. The topological polar surface area (TPSA) is 153 Å². The second-order valence-electron chi connectivity index (χ2n) is 6.69. The Balaban J connectivity index is 1.49. The summed E-state index contributed by atoms with van der Waals surface area (Å²) in [7, 11) is 0. The molecule has 4 amide bonds. The van der Waals surface area contributed by atoms with E-state index in [1.807, 2.05) is 0 Å². The van der Waals surface area contributed by atoms with Gasteiger partial charge in [0, 0.05) is 37.2 Å². The number of rotatable bonds is 8. The van der Waals surface area contributed by atoms with Crippen LogP contribution in [0, 0.1) is 10.1 Å². The van der Waals surface area contributed by atoms with Gasteiger partial charge in [0.1, 0.15) is 0 Å². The number of nitro benzene ring substituents is 1. The molecule has 3 rings (SSSR count). The van der Waals surface area contributed by atoms with Crippen LogP contribution < -0.4 is 11.1 Å². The molecule has 2 aromatic rings. The van der Waals surface area contributed by atoms with Gasteiger partial charge in [-0.2, -0.15) is 0 Å². The number of amides is 4. The highest BCUT2D eigenvalue weighted by atomic mass is 16.6. The van der Waals surface area contributed by atoms with E-state index in [2.05, 4.69) is 5.32 Å². The summed E-state index contributed by atoms with van der Waals surface area (Å²) in [6, 6.07) is 10.0. The smallest absolute Gasteiger partial charge is 0.270 e. The molecule has 0 saturated carbocycles.